The highest BCUT2D eigenvalue weighted by atomic mass is 16.4. The molecule has 1 aliphatic heterocycles. The summed E-state index contributed by atoms with van der Waals surface area (Å²) in [7, 11) is 0. The lowest BCUT2D eigenvalue weighted by atomic mass is 10.2. The number of hydrogen-bond acceptors (Lipinski definition) is 5. The van der Waals surface area contributed by atoms with E-state index < -0.39 is 5.97 Å². The van der Waals surface area contributed by atoms with E-state index in [0.717, 1.165) is 43.0 Å². The van der Waals surface area contributed by atoms with Gasteiger partial charge >= 0.3 is 5.97 Å². The van der Waals surface area contributed by atoms with E-state index in [2.05, 4.69) is 14.8 Å². The van der Waals surface area contributed by atoms with Gasteiger partial charge in [0.1, 0.15) is 11.4 Å². The molecular formula is C14H17N3O3. The summed E-state index contributed by atoms with van der Waals surface area (Å²) in [5.41, 5.74) is 0.850. The van der Waals surface area contributed by atoms with Crippen LogP contribution in [0.15, 0.2) is 29.0 Å². The Morgan fingerprint density at radius 1 is 1.30 bits per heavy atom. The quantitative estimate of drug-likeness (QED) is 0.910. The third-order valence-electron chi connectivity index (χ3n) is 3.67. The predicted molar refractivity (Wildman–Crippen MR) is 74.9 cm³/mol. The van der Waals surface area contributed by atoms with Crippen LogP contribution in [-0.4, -0.2) is 53.7 Å². The van der Waals surface area contributed by atoms with Crippen LogP contribution in [-0.2, 0) is 4.79 Å². The van der Waals surface area contributed by atoms with Crippen molar-refractivity contribution in [2.45, 2.75) is 6.42 Å². The zero-order valence-electron chi connectivity index (χ0n) is 11.2. The number of carboxylic acid groups (broad SMARTS) is 1. The molecule has 3 rings (SSSR count). The van der Waals surface area contributed by atoms with Crippen molar-refractivity contribution in [2.75, 3.05) is 37.6 Å². The molecule has 106 valence electrons. The number of rotatable bonds is 4. The lowest BCUT2D eigenvalue weighted by Gasteiger charge is -2.35. The summed E-state index contributed by atoms with van der Waals surface area (Å²) in [6.45, 7) is 4.06. The summed E-state index contributed by atoms with van der Waals surface area (Å²) in [5, 5.41) is 9.75. The maximum Gasteiger partial charge on any atom is 0.304 e. The Kier molecular flexibility index (Phi) is 3.56. The Balaban J connectivity index is 1.66. The predicted octanol–water partition coefficient (Wildman–Crippen LogP) is 1.42. The molecule has 20 heavy (non-hydrogen) atoms. The Labute approximate surface area is 116 Å². The van der Waals surface area contributed by atoms with Gasteiger partial charge in [-0.05, 0) is 12.1 Å². The lowest BCUT2D eigenvalue weighted by Crippen LogP contribution is -2.47. The van der Waals surface area contributed by atoms with E-state index in [1.54, 1.807) is 12.5 Å². The number of carbonyl (C=O) groups is 1. The minimum atomic E-state index is -0.739. The molecule has 0 radical (unpaired) electrons. The molecule has 0 unspecified atom stereocenters. The number of aliphatic carboxylic acids is 1. The van der Waals surface area contributed by atoms with Crippen LogP contribution in [0.1, 0.15) is 6.42 Å². The van der Waals surface area contributed by atoms with Crippen LogP contribution in [0.2, 0.25) is 0 Å². The summed E-state index contributed by atoms with van der Waals surface area (Å²) < 4.78 is 5.39. The summed E-state index contributed by atoms with van der Waals surface area (Å²) in [4.78, 5) is 19.5. The summed E-state index contributed by atoms with van der Waals surface area (Å²) >= 11 is 0. The van der Waals surface area contributed by atoms with Gasteiger partial charge in [0.15, 0.2) is 0 Å². The van der Waals surface area contributed by atoms with Gasteiger partial charge in [-0.2, -0.15) is 0 Å². The van der Waals surface area contributed by atoms with Crippen LogP contribution in [0.3, 0.4) is 0 Å². The molecule has 2 aromatic rings. The number of anilines is 1. The highest BCUT2D eigenvalue weighted by Crippen LogP contribution is 2.25. The van der Waals surface area contributed by atoms with Gasteiger partial charge in [0.2, 0.25) is 0 Å². The Morgan fingerprint density at radius 2 is 2.10 bits per heavy atom. The van der Waals surface area contributed by atoms with E-state index in [1.807, 2.05) is 12.1 Å². The number of pyridine rings is 1. The fourth-order valence-electron chi connectivity index (χ4n) is 2.57. The molecule has 0 amide bonds. The summed E-state index contributed by atoms with van der Waals surface area (Å²) in [5.74, 6) is 0.214. The molecule has 1 saturated heterocycles. The molecule has 6 heteroatoms. The van der Waals surface area contributed by atoms with Crippen molar-refractivity contribution in [3.8, 4) is 0 Å². The number of fused-ring (bicyclic) bond motifs is 1. The van der Waals surface area contributed by atoms with Gasteiger partial charge in [-0.3, -0.25) is 9.69 Å². The van der Waals surface area contributed by atoms with Crippen LogP contribution >= 0.6 is 0 Å². The van der Waals surface area contributed by atoms with E-state index in [-0.39, 0.29) is 6.42 Å². The number of nitrogens with zero attached hydrogens (tertiary/aromatic N) is 3. The molecule has 3 heterocycles. The van der Waals surface area contributed by atoms with Crippen molar-refractivity contribution in [3.05, 3.63) is 24.6 Å². The van der Waals surface area contributed by atoms with E-state index in [1.165, 1.54) is 0 Å². The Morgan fingerprint density at radius 3 is 2.85 bits per heavy atom. The van der Waals surface area contributed by atoms with Crippen LogP contribution in [0.4, 0.5) is 5.82 Å². The maximum absolute atomic E-state index is 10.6. The molecule has 0 atom stereocenters. The van der Waals surface area contributed by atoms with Crippen molar-refractivity contribution in [3.63, 3.8) is 0 Å². The second-order valence-electron chi connectivity index (χ2n) is 4.94. The van der Waals surface area contributed by atoms with Crippen LogP contribution in [0.5, 0.6) is 0 Å². The van der Waals surface area contributed by atoms with Gasteiger partial charge in [-0.15, -0.1) is 0 Å². The smallest absolute Gasteiger partial charge is 0.304 e. The largest absolute Gasteiger partial charge is 0.481 e. The zero-order chi connectivity index (χ0) is 13.9. The van der Waals surface area contributed by atoms with E-state index in [0.29, 0.717) is 6.54 Å². The molecule has 0 bridgehead atoms. The van der Waals surface area contributed by atoms with E-state index >= 15 is 0 Å². The van der Waals surface area contributed by atoms with Gasteiger partial charge in [0, 0.05) is 38.9 Å². The number of piperazine rings is 1. The van der Waals surface area contributed by atoms with Crippen molar-refractivity contribution in [1.29, 1.82) is 0 Å². The molecular weight excluding hydrogens is 258 g/mol. The highest BCUT2D eigenvalue weighted by molar-refractivity contribution is 5.88. The molecule has 1 fully saturated rings. The van der Waals surface area contributed by atoms with E-state index in [4.69, 9.17) is 9.52 Å². The van der Waals surface area contributed by atoms with Crippen molar-refractivity contribution in [2.24, 2.45) is 0 Å². The number of aromatic nitrogens is 1. The normalized spacial score (nSPS) is 16.7. The molecule has 1 aliphatic rings. The fourth-order valence-corrected chi connectivity index (χ4v) is 2.57. The number of furan rings is 1. The number of carboxylic acids is 1. The van der Waals surface area contributed by atoms with Gasteiger partial charge in [0.05, 0.1) is 18.1 Å². The first-order chi connectivity index (χ1) is 9.74. The van der Waals surface area contributed by atoms with Crippen LogP contribution in [0, 0.1) is 0 Å². The minimum absolute atomic E-state index is 0.204. The molecule has 1 N–H and O–H groups in total. The Bertz CT molecular complexity index is 602. The number of hydrogen-bond donors (Lipinski definition) is 1. The molecule has 0 aromatic carbocycles. The first-order valence-electron chi connectivity index (χ1n) is 6.75. The fraction of sp³-hybridized carbons (Fsp3) is 0.429. The third kappa shape index (κ3) is 2.60. The van der Waals surface area contributed by atoms with Gasteiger partial charge in [0.25, 0.3) is 0 Å². The molecule has 2 aromatic heterocycles. The molecule has 0 saturated carbocycles. The SMILES string of the molecule is O=C(O)CCN1CCN(c2nccc3occc23)CC1. The topological polar surface area (TPSA) is 69.8 Å². The lowest BCUT2D eigenvalue weighted by molar-refractivity contribution is -0.137. The zero-order valence-corrected chi connectivity index (χ0v) is 11.2. The van der Waals surface area contributed by atoms with Crippen molar-refractivity contribution >= 4 is 22.8 Å². The van der Waals surface area contributed by atoms with Crippen molar-refractivity contribution < 1.29 is 14.3 Å². The molecule has 0 aliphatic carbocycles. The second-order valence-corrected chi connectivity index (χ2v) is 4.94. The monoisotopic (exact) mass is 275 g/mol. The maximum atomic E-state index is 10.6. The second kappa shape index (κ2) is 5.50. The van der Waals surface area contributed by atoms with Crippen LogP contribution in [0.25, 0.3) is 11.0 Å². The Hall–Kier alpha value is -2.08. The first-order valence-corrected chi connectivity index (χ1v) is 6.75. The molecule has 0 spiro atoms. The van der Waals surface area contributed by atoms with Gasteiger partial charge < -0.3 is 14.4 Å². The molecule has 6 nitrogen and oxygen atoms in total. The van der Waals surface area contributed by atoms with E-state index in [9.17, 15) is 4.79 Å². The average Bonchev–Trinajstić information content (AvgIpc) is 2.94. The average molecular weight is 275 g/mol. The summed E-state index contributed by atoms with van der Waals surface area (Å²) in [6, 6.07) is 3.80. The third-order valence-corrected chi connectivity index (χ3v) is 3.67. The van der Waals surface area contributed by atoms with Gasteiger partial charge in [-0.1, -0.05) is 0 Å². The standard InChI is InChI=1S/C14H17N3O3/c18-13(19)2-5-16-6-8-17(9-7-16)14-11-3-10-20-12(11)1-4-15-14/h1,3-4,10H,2,5-9H2,(H,18,19). The van der Waals surface area contributed by atoms with Crippen molar-refractivity contribution in [1.82, 2.24) is 9.88 Å². The first kappa shape index (κ1) is 12.9. The van der Waals surface area contributed by atoms with Gasteiger partial charge in [-0.25, -0.2) is 4.98 Å². The summed E-state index contributed by atoms with van der Waals surface area (Å²) in [6.07, 6.45) is 3.65. The highest BCUT2D eigenvalue weighted by Gasteiger charge is 2.20. The van der Waals surface area contributed by atoms with Crippen LogP contribution < -0.4 is 4.90 Å². The minimum Gasteiger partial charge on any atom is -0.481 e.